The molecule has 1 fully saturated rings. The number of hydrogen-bond donors (Lipinski definition) is 2. The Kier molecular flexibility index (Phi) is 6.35. The Morgan fingerprint density at radius 1 is 0.939 bits per heavy atom. The fourth-order valence-corrected chi connectivity index (χ4v) is 3.66. The second-order valence-corrected chi connectivity index (χ2v) is 7.46. The number of hydrogen-bond acceptors (Lipinski definition) is 4. The molecule has 1 aliphatic rings. The number of rotatable bonds is 6. The molecule has 4 rings (SSSR count). The van der Waals surface area contributed by atoms with Crippen molar-refractivity contribution >= 4 is 18.0 Å². The Labute approximate surface area is 190 Å². The highest BCUT2D eigenvalue weighted by Gasteiger charge is 2.47. The van der Waals surface area contributed by atoms with E-state index >= 15 is 0 Å². The SMILES string of the molecule is COc1ccc(C(=O)N[C@H]2C(=O)N/[N+](=C\c3ccc(F)cc3)[C@H]2c2ccc(OC)cc2)cc1. The number of methoxy groups -OCH3 is 2. The van der Waals surface area contributed by atoms with Crippen LogP contribution in [0.1, 0.15) is 27.5 Å². The molecule has 0 bridgehead atoms. The molecule has 0 saturated carbocycles. The van der Waals surface area contributed by atoms with E-state index in [1.165, 1.54) is 12.1 Å². The summed E-state index contributed by atoms with van der Waals surface area (Å²) in [6, 6.07) is 18.4. The highest BCUT2D eigenvalue weighted by Crippen LogP contribution is 2.27. The minimum atomic E-state index is -0.871. The maximum atomic E-state index is 13.3. The van der Waals surface area contributed by atoms with E-state index in [2.05, 4.69) is 10.7 Å². The van der Waals surface area contributed by atoms with Crippen LogP contribution in [-0.2, 0) is 4.79 Å². The molecule has 7 nitrogen and oxygen atoms in total. The molecule has 0 spiro atoms. The summed E-state index contributed by atoms with van der Waals surface area (Å²) in [7, 11) is 3.12. The minimum absolute atomic E-state index is 0.353. The molecule has 0 aromatic heterocycles. The van der Waals surface area contributed by atoms with Gasteiger partial charge in [-0.25, -0.2) is 4.39 Å². The second kappa shape index (κ2) is 9.52. The first kappa shape index (κ1) is 22.0. The van der Waals surface area contributed by atoms with Gasteiger partial charge in [0.1, 0.15) is 17.3 Å². The molecular weight excluding hydrogens is 425 g/mol. The molecule has 1 saturated heterocycles. The number of ether oxygens (including phenoxy) is 2. The van der Waals surface area contributed by atoms with Gasteiger partial charge in [0.15, 0.2) is 6.04 Å². The number of nitrogens with zero attached hydrogens (tertiary/aromatic N) is 1. The topological polar surface area (TPSA) is 79.7 Å². The average molecular weight is 448 g/mol. The Balaban J connectivity index is 1.67. The van der Waals surface area contributed by atoms with Gasteiger partial charge < -0.3 is 14.8 Å². The normalized spacial score (nSPS) is 18.6. The first-order valence-corrected chi connectivity index (χ1v) is 10.3. The third-order valence-corrected chi connectivity index (χ3v) is 5.39. The van der Waals surface area contributed by atoms with Crippen LogP contribution in [0.15, 0.2) is 72.8 Å². The molecule has 33 heavy (non-hydrogen) atoms. The fraction of sp³-hybridized carbons (Fsp3) is 0.160. The summed E-state index contributed by atoms with van der Waals surface area (Å²) in [5.41, 5.74) is 4.68. The Morgan fingerprint density at radius 2 is 1.52 bits per heavy atom. The van der Waals surface area contributed by atoms with E-state index in [4.69, 9.17) is 9.47 Å². The first-order chi connectivity index (χ1) is 16.0. The number of carbonyl (C=O) groups excluding carboxylic acids is 2. The summed E-state index contributed by atoms with van der Waals surface area (Å²) in [5.74, 6) is 0.190. The van der Waals surface area contributed by atoms with Crippen molar-refractivity contribution in [3.8, 4) is 11.5 Å². The third kappa shape index (κ3) is 4.85. The van der Waals surface area contributed by atoms with Crippen molar-refractivity contribution in [3.63, 3.8) is 0 Å². The predicted octanol–water partition coefficient (Wildman–Crippen LogP) is 2.86. The zero-order chi connectivity index (χ0) is 23.4. The Bertz CT molecular complexity index is 1180. The molecular formula is C25H23FN3O4+. The number of hydrazine groups is 1. The summed E-state index contributed by atoms with van der Waals surface area (Å²) in [5, 5.41) is 2.84. The molecule has 0 radical (unpaired) electrons. The lowest BCUT2D eigenvalue weighted by molar-refractivity contribution is -0.596. The average Bonchev–Trinajstić information content (AvgIpc) is 3.14. The number of halogens is 1. The van der Waals surface area contributed by atoms with Gasteiger partial charge in [-0.1, -0.05) is 0 Å². The minimum Gasteiger partial charge on any atom is -0.497 e. The lowest BCUT2D eigenvalue weighted by atomic mass is 9.99. The van der Waals surface area contributed by atoms with Gasteiger partial charge >= 0.3 is 5.91 Å². The van der Waals surface area contributed by atoms with Gasteiger partial charge in [0, 0.05) is 16.7 Å². The van der Waals surface area contributed by atoms with Gasteiger partial charge in [-0.05, 0) is 72.8 Å². The number of hydrazone groups is 1. The standard InChI is InChI=1S/C25H22FN3O4/c1-32-20-11-5-17(6-12-20)23-22(27-24(30)18-7-13-21(33-2)14-8-18)25(31)28-29(23)15-16-3-9-19(26)10-4-16/h3-15,22-23H,1-2H3,(H-,27,28,30,31)/p+1/b29-15-/t22-,23+/m1/s1. The van der Waals surface area contributed by atoms with Crippen molar-refractivity contribution in [2.24, 2.45) is 0 Å². The van der Waals surface area contributed by atoms with E-state index in [-0.39, 0.29) is 17.6 Å². The third-order valence-electron chi connectivity index (χ3n) is 5.39. The van der Waals surface area contributed by atoms with Crippen LogP contribution < -0.4 is 20.2 Å². The Hall–Kier alpha value is -4.20. The lowest BCUT2D eigenvalue weighted by Crippen LogP contribution is -2.42. The summed E-state index contributed by atoms with van der Waals surface area (Å²) in [6.45, 7) is 0. The smallest absolute Gasteiger partial charge is 0.304 e. The largest absolute Gasteiger partial charge is 0.497 e. The van der Waals surface area contributed by atoms with E-state index in [0.29, 0.717) is 22.6 Å². The molecule has 3 aromatic rings. The summed E-state index contributed by atoms with van der Waals surface area (Å²) in [6.07, 6.45) is 1.70. The zero-order valence-electron chi connectivity index (χ0n) is 18.1. The molecule has 0 unspecified atom stereocenters. The zero-order valence-corrected chi connectivity index (χ0v) is 18.1. The summed E-state index contributed by atoms with van der Waals surface area (Å²) >= 11 is 0. The van der Waals surface area contributed by atoms with Crippen molar-refractivity contribution in [2.45, 2.75) is 12.1 Å². The van der Waals surface area contributed by atoms with Crippen LogP contribution >= 0.6 is 0 Å². The van der Waals surface area contributed by atoms with Crippen LogP contribution in [0, 0.1) is 5.82 Å². The van der Waals surface area contributed by atoms with Crippen molar-refractivity contribution < 1.29 is 28.1 Å². The molecule has 168 valence electrons. The number of amides is 2. The van der Waals surface area contributed by atoms with E-state index in [9.17, 15) is 14.0 Å². The quantitative estimate of drug-likeness (QED) is 0.569. The molecule has 3 aromatic carbocycles. The maximum absolute atomic E-state index is 13.3. The van der Waals surface area contributed by atoms with Crippen LogP contribution in [0.5, 0.6) is 11.5 Å². The van der Waals surface area contributed by atoms with E-state index in [1.54, 1.807) is 73.6 Å². The number of carbonyl (C=O) groups is 2. The molecule has 1 aliphatic heterocycles. The Morgan fingerprint density at radius 3 is 2.09 bits per heavy atom. The van der Waals surface area contributed by atoms with Gasteiger partial charge in [0.05, 0.1) is 14.2 Å². The van der Waals surface area contributed by atoms with Gasteiger partial charge in [-0.2, -0.15) is 0 Å². The van der Waals surface area contributed by atoms with Crippen molar-refractivity contribution in [1.82, 2.24) is 10.7 Å². The van der Waals surface area contributed by atoms with Crippen LogP contribution in [0.3, 0.4) is 0 Å². The van der Waals surface area contributed by atoms with Gasteiger partial charge in [-0.3, -0.25) is 9.59 Å². The van der Waals surface area contributed by atoms with Crippen LogP contribution in [-0.4, -0.2) is 43.0 Å². The van der Waals surface area contributed by atoms with E-state index in [1.807, 2.05) is 12.1 Å². The summed E-state index contributed by atoms with van der Waals surface area (Å²) in [4.78, 5) is 25.8. The highest BCUT2D eigenvalue weighted by atomic mass is 19.1. The maximum Gasteiger partial charge on any atom is 0.304 e. The monoisotopic (exact) mass is 448 g/mol. The van der Waals surface area contributed by atoms with Crippen molar-refractivity contribution in [3.05, 3.63) is 95.3 Å². The predicted molar refractivity (Wildman–Crippen MR) is 120 cm³/mol. The van der Waals surface area contributed by atoms with E-state index < -0.39 is 12.1 Å². The van der Waals surface area contributed by atoms with Crippen LogP contribution in [0.2, 0.25) is 0 Å². The highest BCUT2D eigenvalue weighted by molar-refractivity contribution is 5.98. The molecule has 1 heterocycles. The second-order valence-electron chi connectivity index (χ2n) is 7.46. The van der Waals surface area contributed by atoms with Gasteiger partial charge in [0.25, 0.3) is 5.91 Å². The number of benzene rings is 3. The fourth-order valence-electron chi connectivity index (χ4n) is 3.66. The van der Waals surface area contributed by atoms with E-state index in [0.717, 1.165) is 5.56 Å². The molecule has 8 heteroatoms. The summed E-state index contributed by atoms with van der Waals surface area (Å²) < 4.78 is 25.3. The lowest BCUT2D eigenvalue weighted by Gasteiger charge is -2.15. The number of nitrogens with one attached hydrogen (secondary N) is 2. The van der Waals surface area contributed by atoms with Crippen LogP contribution in [0.25, 0.3) is 0 Å². The van der Waals surface area contributed by atoms with Gasteiger partial charge in [-0.15, -0.1) is 10.1 Å². The molecule has 2 N–H and O–H groups in total. The molecule has 2 amide bonds. The first-order valence-electron chi connectivity index (χ1n) is 10.3. The van der Waals surface area contributed by atoms with Gasteiger partial charge in [0.2, 0.25) is 12.3 Å². The molecule has 0 aliphatic carbocycles. The van der Waals surface area contributed by atoms with Crippen molar-refractivity contribution in [2.75, 3.05) is 14.2 Å². The van der Waals surface area contributed by atoms with Crippen molar-refractivity contribution in [1.29, 1.82) is 0 Å². The molecule has 2 atom stereocenters. The van der Waals surface area contributed by atoms with Crippen LogP contribution in [0.4, 0.5) is 4.39 Å².